The lowest BCUT2D eigenvalue weighted by Crippen LogP contribution is -2.50. The fourth-order valence-corrected chi connectivity index (χ4v) is 5.57. The molecule has 8 heteroatoms. The van der Waals surface area contributed by atoms with Crippen molar-refractivity contribution < 1.29 is 19.4 Å². The first-order valence-electron chi connectivity index (χ1n) is 12.1. The van der Waals surface area contributed by atoms with Crippen LogP contribution in [0, 0.1) is 12.3 Å². The summed E-state index contributed by atoms with van der Waals surface area (Å²) in [4.78, 5) is 34.3. The summed E-state index contributed by atoms with van der Waals surface area (Å²) >= 11 is 0. The molecule has 1 atom stereocenters. The maximum atomic E-state index is 13.5. The van der Waals surface area contributed by atoms with E-state index in [1.807, 2.05) is 19.9 Å². The van der Waals surface area contributed by atoms with Gasteiger partial charge in [0.1, 0.15) is 5.82 Å². The van der Waals surface area contributed by atoms with Crippen LogP contribution in [0.5, 0.6) is 0 Å². The van der Waals surface area contributed by atoms with Crippen LogP contribution in [0.3, 0.4) is 0 Å². The number of aromatic nitrogens is 1. The Kier molecular flexibility index (Phi) is 6.88. The maximum absolute atomic E-state index is 13.5. The van der Waals surface area contributed by atoms with Crippen LogP contribution < -0.4 is 10.2 Å². The summed E-state index contributed by atoms with van der Waals surface area (Å²) in [6, 6.07) is 2.19. The van der Waals surface area contributed by atoms with E-state index in [1.165, 1.54) is 0 Å². The van der Waals surface area contributed by atoms with Gasteiger partial charge in [0.15, 0.2) is 0 Å². The average molecular weight is 445 g/mol. The molecular weight excluding hydrogens is 408 g/mol. The van der Waals surface area contributed by atoms with Crippen molar-refractivity contribution in [3.8, 4) is 0 Å². The highest BCUT2D eigenvalue weighted by Gasteiger charge is 2.50. The Labute approximate surface area is 190 Å². The van der Waals surface area contributed by atoms with Crippen LogP contribution in [0.15, 0.2) is 12.3 Å². The monoisotopic (exact) mass is 444 g/mol. The van der Waals surface area contributed by atoms with Crippen molar-refractivity contribution in [2.24, 2.45) is 5.41 Å². The van der Waals surface area contributed by atoms with Gasteiger partial charge in [0.05, 0.1) is 30.0 Å². The van der Waals surface area contributed by atoms with Crippen molar-refractivity contribution in [2.75, 3.05) is 36.5 Å². The first-order valence-corrected chi connectivity index (χ1v) is 12.1. The third kappa shape index (κ3) is 4.70. The van der Waals surface area contributed by atoms with E-state index in [0.29, 0.717) is 18.8 Å². The van der Waals surface area contributed by atoms with Gasteiger partial charge >= 0.3 is 6.09 Å². The summed E-state index contributed by atoms with van der Waals surface area (Å²) in [5, 5.41) is 12.6. The molecule has 2 amide bonds. The number of aryl methyl sites for hydroxylation is 1. The quantitative estimate of drug-likeness (QED) is 0.722. The fourth-order valence-electron chi connectivity index (χ4n) is 5.57. The van der Waals surface area contributed by atoms with Gasteiger partial charge in [0.25, 0.3) is 0 Å². The smallest absolute Gasteiger partial charge is 0.411 e. The second-order valence-electron chi connectivity index (χ2n) is 9.64. The Morgan fingerprint density at radius 2 is 2.06 bits per heavy atom. The molecule has 8 nitrogen and oxygen atoms in total. The SMILES string of the molecule is CCCOC(=O)Nc1cnc(N2CCCC3(CCN(C4CCC(O)CC4)C3=O)C2)c(C)c1. The number of likely N-dealkylation sites (tertiary alicyclic amines) is 1. The molecule has 32 heavy (non-hydrogen) atoms. The third-order valence-corrected chi connectivity index (χ3v) is 7.26. The van der Waals surface area contributed by atoms with Gasteiger partial charge in [-0.05, 0) is 69.9 Å². The van der Waals surface area contributed by atoms with Crippen LogP contribution in [0.4, 0.5) is 16.3 Å². The Bertz CT molecular complexity index is 839. The molecular formula is C24H36N4O4. The van der Waals surface area contributed by atoms with Gasteiger partial charge in [-0.3, -0.25) is 10.1 Å². The zero-order valence-electron chi connectivity index (χ0n) is 19.3. The molecule has 3 fully saturated rings. The fraction of sp³-hybridized carbons (Fsp3) is 0.708. The standard InChI is InChI=1S/C24H36N4O4/c1-3-13-32-23(31)26-18-14-17(2)21(25-15-18)27-11-4-9-24(16-27)10-12-28(22(24)30)19-5-7-20(29)8-6-19/h14-15,19-20,29H,3-13,16H2,1-2H3,(H,26,31). The third-order valence-electron chi connectivity index (χ3n) is 7.26. The van der Waals surface area contributed by atoms with Gasteiger partial charge in [0, 0.05) is 25.7 Å². The summed E-state index contributed by atoms with van der Waals surface area (Å²) in [7, 11) is 0. The van der Waals surface area contributed by atoms with E-state index in [4.69, 9.17) is 4.74 Å². The number of piperidine rings is 1. The zero-order chi connectivity index (χ0) is 22.7. The van der Waals surface area contributed by atoms with Crippen LogP contribution in [0.2, 0.25) is 0 Å². The number of nitrogens with one attached hydrogen (secondary N) is 1. The van der Waals surface area contributed by atoms with Gasteiger partial charge in [0.2, 0.25) is 5.91 Å². The average Bonchev–Trinajstić information content (AvgIpc) is 3.08. The number of hydrogen-bond acceptors (Lipinski definition) is 6. The highest BCUT2D eigenvalue weighted by atomic mass is 16.5. The number of carbonyl (C=O) groups excluding carboxylic acids is 2. The van der Waals surface area contributed by atoms with E-state index >= 15 is 0 Å². The lowest BCUT2D eigenvalue weighted by Gasteiger charge is -2.41. The predicted octanol–water partition coefficient (Wildman–Crippen LogP) is 3.47. The van der Waals surface area contributed by atoms with Crippen LogP contribution in [0.25, 0.3) is 0 Å². The van der Waals surface area contributed by atoms with Crippen molar-refractivity contribution in [1.82, 2.24) is 9.88 Å². The Morgan fingerprint density at radius 1 is 1.28 bits per heavy atom. The van der Waals surface area contributed by atoms with Crippen LogP contribution >= 0.6 is 0 Å². The minimum atomic E-state index is -0.468. The summed E-state index contributed by atoms with van der Waals surface area (Å²) in [5.74, 6) is 1.17. The molecule has 1 aromatic rings. The number of carbonyl (C=O) groups is 2. The van der Waals surface area contributed by atoms with E-state index < -0.39 is 6.09 Å². The molecule has 0 aromatic carbocycles. The van der Waals surface area contributed by atoms with E-state index in [0.717, 1.165) is 75.8 Å². The molecule has 1 aromatic heterocycles. The number of nitrogens with zero attached hydrogens (tertiary/aromatic N) is 3. The molecule has 0 bridgehead atoms. The highest BCUT2D eigenvalue weighted by molar-refractivity contribution is 5.86. The number of ether oxygens (including phenoxy) is 1. The normalized spacial score (nSPS) is 28.3. The Hall–Kier alpha value is -2.35. The largest absolute Gasteiger partial charge is 0.449 e. The molecule has 176 valence electrons. The minimum Gasteiger partial charge on any atom is -0.449 e. The van der Waals surface area contributed by atoms with Crippen molar-refractivity contribution in [2.45, 2.75) is 77.4 Å². The van der Waals surface area contributed by atoms with Gasteiger partial charge in [-0.1, -0.05) is 6.92 Å². The molecule has 2 saturated heterocycles. The number of aliphatic hydroxyl groups excluding tert-OH is 1. The molecule has 2 aliphatic heterocycles. The number of amides is 2. The Morgan fingerprint density at radius 3 is 2.78 bits per heavy atom. The van der Waals surface area contributed by atoms with Gasteiger partial charge < -0.3 is 19.6 Å². The number of rotatable bonds is 5. The van der Waals surface area contributed by atoms with Gasteiger partial charge in [-0.2, -0.15) is 0 Å². The highest BCUT2D eigenvalue weighted by Crippen LogP contribution is 2.43. The molecule has 1 unspecified atom stereocenters. The maximum Gasteiger partial charge on any atom is 0.411 e. The van der Waals surface area contributed by atoms with Crippen molar-refractivity contribution >= 4 is 23.5 Å². The molecule has 2 N–H and O–H groups in total. The summed E-state index contributed by atoms with van der Waals surface area (Å²) in [6.45, 7) is 6.72. The number of pyridine rings is 1. The zero-order valence-corrected chi connectivity index (χ0v) is 19.3. The molecule has 1 spiro atoms. The first kappa shape index (κ1) is 22.8. The van der Waals surface area contributed by atoms with Crippen LogP contribution in [0.1, 0.15) is 63.9 Å². The predicted molar refractivity (Wildman–Crippen MR) is 123 cm³/mol. The minimum absolute atomic E-state index is 0.205. The molecule has 1 saturated carbocycles. The number of aliphatic hydroxyl groups is 1. The number of anilines is 2. The Balaban J connectivity index is 1.42. The van der Waals surface area contributed by atoms with Gasteiger partial charge in [-0.15, -0.1) is 0 Å². The molecule has 1 aliphatic carbocycles. The topological polar surface area (TPSA) is 95.0 Å². The molecule has 3 heterocycles. The second-order valence-corrected chi connectivity index (χ2v) is 9.64. The second kappa shape index (κ2) is 9.65. The van der Waals surface area contributed by atoms with Gasteiger partial charge in [-0.25, -0.2) is 9.78 Å². The molecule has 0 radical (unpaired) electrons. The van der Waals surface area contributed by atoms with E-state index in [9.17, 15) is 14.7 Å². The molecule has 4 rings (SSSR count). The summed E-state index contributed by atoms with van der Waals surface area (Å²) in [5.41, 5.74) is 1.25. The van der Waals surface area contributed by atoms with Crippen molar-refractivity contribution in [3.63, 3.8) is 0 Å². The lowest BCUT2D eigenvalue weighted by molar-refractivity contribution is -0.139. The van der Waals surface area contributed by atoms with Crippen molar-refractivity contribution in [3.05, 3.63) is 17.8 Å². The van der Waals surface area contributed by atoms with E-state index in [2.05, 4.69) is 20.1 Å². The van der Waals surface area contributed by atoms with Crippen molar-refractivity contribution in [1.29, 1.82) is 0 Å². The van der Waals surface area contributed by atoms with E-state index in [-0.39, 0.29) is 23.5 Å². The lowest BCUT2D eigenvalue weighted by atomic mass is 9.78. The van der Waals surface area contributed by atoms with Crippen LogP contribution in [-0.2, 0) is 9.53 Å². The van der Waals surface area contributed by atoms with E-state index in [1.54, 1.807) is 6.20 Å². The van der Waals surface area contributed by atoms with Crippen LogP contribution in [-0.4, -0.2) is 65.4 Å². The first-order chi connectivity index (χ1) is 15.4. The summed E-state index contributed by atoms with van der Waals surface area (Å²) in [6.07, 6.45) is 7.95. The molecule has 3 aliphatic rings. The number of hydrogen-bond donors (Lipinski definition) is 2. The summed E-state index contributed by atoms with van der Waals surface area (Å²) < 4.78 is 5.08.